The van der Waals surface area contributed by atoms with Gasteiger partial charge >= 0.3 is 5.97 Å². The number of H-pyrrole nitrogens is 1. The topological polar surface area (TPSA) is 91.8 Å². The SMILES string of the molecule is Cc1cnc(C2CC2)cc1-c1cnc2[nH]ncc2c1C(=O)O. The van der Waals surface area contributed by atoms with Gasteiger partial charge in [0, 0.05) is 29.6 Å². The van der Waals surface area contributed by atoms with Crippen LogP contribution in [0, 0.1) is 6.92 Å². The lowest BCUT2D eigenvalue weighted by atomic mass is 9.96. The Hall–Kier alpha value is -2.76. The van der Waals surface area contributed by atoms with E-state index in [-0.39, 0.29) is 5.56 Å². The molecule has 0 spiro atoms. The summed E-state index contributed by atoms with van der Waals surface area (Å²) in [5.74, 6) is -0.466. The maximum atomic E-state index is 11.8. The molecule has 0 saturated heterocycles. The zero-order valence-corrected chi connectivity index (χ0v) is 12.0. The molecular formula is C16H14N4O2. The van der Waals surface area contributed by atoms with Crippen LogP contribution in [-0.4, -0.2) is 31.2 Å². The van der Waals surface area contributed by atoms with Gasteiger partial charge in [-0.3, -0.25) is 10.1 Å². The second-order valence-electron chi connectivity index (χ2n) is 5.68. The van der Waals surface area contributed by atoms with E-state index in [1.54, 1.807) is 6.20 Å². The predicted molar refractivity (Wildman–Crippen MR) is 80.8 cm³/mol. The molecule has 4 rings (SSSR count). The van der Waals surface area contributed by atoms with Gasteiger partial charge in [-0.2, -0.15) is 5.10 Å². The Morgan fingerprint density at radius 2 is 2.05 bits per heavy atom. The lowest BCUT2D eigenvalue weighted by Gasteiger charge is -2.11. The van der Waals surface area contributed by atoms with Gasteiger partial charge < -0.3 is 5.11 Å². The Morgan fingerprint density at radius 1 is 1.23 bits per heavy atom. The van der Waals surface area contributed by atoms with E-state index < -0.39 is 5.97 Å². The van der Waals surface area contributed by atoms with Crippen molar-refractivity contribution in [3.8, 4) is 11.1 Å². The number of rotatable bonds is 3. The van der Waals surface area contributed by atoms with Gasteiger partial charge in [0.15, 0.2) is 5.65 Å². The van der Waals surface area contributed by atoms with Crippen LogP contribution < -0.4 is 0 Å². The molecule has 1 fully saturated rings. The first-order valence-electron chi connectivity index (χ1n) is 7.17. The third kappa shape index (κ3) is 1.95. The van der Waals surface area contributed by atoms with Crippen molar-refractivity contribution in [2.24, 2.45) is 0 Å². The molecule has 0 aliphatic heterocycles. The van der Waals surface area contributed by atoms with Crippen LogP contribution >= 0.6 is 0 Å². The van der Waals surface area contributed by atoms with Gasteiger partial charge in [-0.1, -0.05) is 0 Å². The van der Waals surface area contributed by atoms with Crippen molar-refractivity contribution in [1.29, 1.82) is 0 Å². The number of nitrogens with one attached hydrogen (secondary N) is 1. The number of aromatic amines is 1. The number of hydrogen-bond acceptors (Lipinski definition) is 4. The lowest BCUT2D eigenvalue weighted by Crippen LogP contribution is -2.03. The van der Waals surface area contributed by atoms with Crippen LogP contribution in [0.15, 0.2) is 24.7 Å². The second-order valence-corrected chi connectivity index (χ2v) is 5.68. The van der Waals surface area contributed by atoms with E-state index >= 15 is 0 Å². The molecule has 0 unspecified atom stereocenters. The number of aromatic nitrogens is 4. The van der Waals surface area contributed by atoms with E-state index in [0.29, 0.717) is 22.5 Å². The summed E-state index contributed by atoms with van der Waals surface area (Å²) < 4.78 is 0. The first-order valence-corrected chi connectivity index (χ1v) is 7.17. The Balaban J connectivity index is 1.99. The molecule has 1 aliphatic rings. The van der Waals surface area contributed by atoms with E-state index in [2.05, 4.69) is 20.2 Å². The quantitative estimate of drug-likeness (QED) is 0.775. The number of carboxylic acid groups (broad SMARTS) is 1. The van der Waals surface area contributed by atoms with Crippen molar-refractivity contribution in [1.82, 2.24) is 20.2 Å². The molecule has 3 heterocycles. The molecule has 6 nitrogen and oxygen atoms in total. The summed E-state index contributed by atoms with van der Waals surface area (Å²) in [6.45, 7) is 1.93. The summed E-state index contributed by atoms with van der Waals surface area (Å²) in [7, 11) is 0. The summed E-state index contributed by atoms with van der Waals surface area (Å²) in [4.78, 5) is 20.5. The summed E-state index contributed by atoms with van der Waals surface area (Å²) >= 11 is 0. The fraction of sp³-hybridized carbons (Fsp3) is 0.250. The van der Waals surface area contributed by atoms with E-state index in [0.717, 1.165) is 29.7 Å². The fourth-order valence-electron chi connectivity index (χ4n) is 2.77. The molecule has 0 radical (unpaired) electrons. The van der Waals surface area contributed by atoms with Crippen molar-refractivity contribution in [3.05, 3.63) is 41.5 Å². The maximum Gasteiger partial charge on any atom is 0.337 e. The van der Waals surface area contributed by atoms with Crippen molar-refractivity contribution >= 4 is 17.0 Å². The van der Waals surface area contributed by atoms with Gasteiger partial charge in [-0.05, 0) is 37.0 Å². The number of aromatic carboxylic acids is 1. The number of aryl methyl sites for hydroxylation is 1. The van der Waals surface area contributed by atoms with Gasteiger partial charge in [0.1, 0.15) is 0 Å². The van der Waals surface area contributed by atoms with Gasteiger partial charge in [-0.25, -0.2) is 9.78 Å². The van der Waals surface area contributed by atoms with Crippen LogP contribution in [0.2, 0.25) is 0 Å². The molecule has 2 N–H and O–H groups in total. The molecule has 3 aromatic heterocycles. The molecule has 1 saturated carbocycles. The van der Waals surface area contributed by atoms with Crippen LogP contribution in [0.4, 0.5) is 0 Å². The molecule has 1 aliphatic carbocycles. The highest BCUT2D eigenvalue weighted by Crippen LogP contribution is 2.41. The molecule has 6 heteroatoms. The number of carbonyl (C=O) groups is 1. The normalized spacial score (nSPS) is 14.4. The Bertz CT molecular complexity index is 896. The van der Waals surface area contributed by atoms with Gasteiger partial charge in [-0.15, -0.1) is 0 Å². The molecule has 0 aromatic carbocycles. The van der Waals surface area contributed by atoms with Gasteiger partial charge in [0.25, 0.3) is 0 Å². The average Bonchev–Trinajstić information content (AvgIpc) is 3.24. The van der Waals surface area contributed by atoms with Crippen molar-refractivity contribution < 1.29 is 9.90 Å². The fourth-order valence-corrected chi connectivity index (χ4v) is 2.77. The zero-order valence-electron chi connectivity index (χ0n) is 12.0. The lowest BCUT2D eigenvalue weighted by molar-refractivity contribution is 0.0700. The molecule has 0 bridgehead atoms. The largest absolute Gasteiger partial charge is 0.478 e. The Kier molecular flexibility index (Phi) is 2.72. The highest BCUT2D eigenvalue weighted by Gasteiger charge is 2.26. The van der Waals surface area contributed by atoms with Crippen LogP contribution in [0.5, 0.6) is 0 Å². The molecule has 3 aromatic rings. The monoisotopic (exact) mass is 294 g/mol. The van der Waals surface area contributed by atoms with Crippen molar-refractivity contribution in [3.63, 3.8) is 0 Å². The smallest absolute Gasteiger partial charge is 0.337 e. The summed E-state index contributed by atoms with van der Waals surface area (Å²) in [5.41, 5.74) is 4.18. The summed E-state index contributed by atoms with van der Waals surface area (Å²) in [5, 5.41) is 16.8. The maximum absolute atomic E-state index is 11.8. The van der Waals surface area contributed by atoms with Gasteiger partial charge in [0.2, 0.25) is 0 Å². The zero-order chi connectivity index (χ0) is 15.3. The molecule has 0 amide bonds. The van der Waals surface area contributed by atoms with E-state index in [4.69, 9.17) is 0 Å². The van der Waals surface area contributed by atoms with Crippen molar-refractivity contribution in [2.75, 3.05) is 0 Å². The van der Waals surface area contributed by atoms with E-state index in [9.17, 15) is 9.90 Å². The highest BCUT2D eigenvalue weighted by molar-refractivity contribution is 6.07. The van der Waals surface area contributed by atoms with Gasteiger partial charge in [0.05, 0.1) is 17.1 Å². The van der Waals surface area contributed by atoms with Crippen LogP contribution in [-0.2, 0) is 0 Å². The first kappa shape index (κ1) is 12.9. The van der Waals surface area contributed by atoms with Crippen LogP contribution in [0.25, 0.3) is 22.2 Å². The third-order valence-corrected chi connectivity index (χ3v) is 4.10. The minimum Gasteiger partial charge on any atom is -0.478 e. The molecule has 110 valence electrons. The second kappa shape index (κ2) is 4.62. The minimum absolute atomic E-state index is 0.231. The number of nitrogens with zero attached hydrogens (tertiary/aromatic N) is 3. The molecule has 22 heavy (non-hydrogen) atoms. The number of fused-ring (bicyclic) bond motifs is 1. The van der Waals surface area contributed by atoms with Crippen LogP contribution in [0.1, 0.15) is 40.4 Å². The number of pyridine rings is 2. The first-order chi connectivity index (χ1) is 10.6. The minimum atomic E-state index is -0.979. The van der Waals surface area contributed by atoms with E-state index in [1.165, 1.54) is 6.20 Å². The predicted octanol–water partition coefficient (Wildman–Crippen LogP) is 2.90. The Labute approximate surface area is 126 Å². The van der Waals surface area contributed by atoms with E-state index in [1.807, 2.05) is 19.2 Å². The molecular weight excluding hydrogens is 280 g/mol. The number of carboxylic acids is 1. The van der Waals surface area contributed by atoms with Crippen LogP contribution in [0.3, 0.4) is 0 Å². The highest BCUT2D eigenvalue weighted by atomic mass is 16.4. The average molecular weight is 294 g/mol. The standard InChI is InChI=1S/C16H14N4O2/c1-8-5-17-13(9-2-3-9)4-10(8)11-6-18-15-12(7-19-20-15)14(11)16(21)22/h4-7,9H,2-3H2,1H3,(H,21,22)(H,18,19,20). The number of hydrogen-bond donors (Lipinski definition) is 2. The summed E-state index contributed by atoms with van der Waals surface area (Å²) in [6.07, 6.45) is 7.23. The Morgan fingerprint density at radius 3 is 2.77 bits per heavy atom. The molecule has 0 atom stereocenters. The summed E-state index contributed by atoms with van der Waals surface area (Å²) in [6, 6.07) is 2.00. The van der Waals surface area contributed by atoms with Crippen molar-refractivity contribution in [2.45, 2.75) is 25.7 Å². The third-order valence-electron chi connectivity index (χ3n) is 4.10.